The van der Waals surface area contributed by atoms with Crippen molar-refractivity contribution in [1.29, 1.82) is 0 Å². The zero-order valence-electron chi connectivity index (χ0n) is 13.9. The Hall–Kier alpha value is -2.05. The third kappa shape index (κ3) is 3.25. The predicted molar refractivity (Wildman–Crippen MR) is 94.9 cm³/mol. The van der Waals surface area contributed by atoms with E-state index >= 15 is 0 Å². The molecule has 0 unspecified atom stereocenters. The van der Waals surface area contributed by atoms with Crippen LogP contribution in [0.3, 0.4) is 0 Å². The zero-order valence-corrected chi connectivity index (χ0v) is 14.7. The van der Waals surface area contributed by atoms with E-state index in [1.807, 2.05) is 19.0 Å². The Balaban J connectivity index is 1.80. The van der Waals surface area contributed by atoms with Crippen LogP contribution in [-0.2, 0) is 6.54 Å². The highest BCUT2D eigenvalue weighted by Crippen LogP contribution is 2.34. The molecule has 6 nitrogen and oxygen atoms in total. The van der Waals surface area contributed by atoms with Gasteiger partial charge >= 0.3 is 0 Å². The molecule has 0 radical (unpaired) electrons. The average Bonchev–Trinajstić information content (AvgIpc) is 3.15. The Bertz CT molecular complexity index is 725. The fourth-order valence-electron chi connectivity index (χ4n) is 3.19. The minimum atomic E-state index is -0.149. The molecule has 1 aliphatic rings. The maximum atomic E-state index is 12.8. The molecule has 1 aliphatic heterocycles. The van der Waals surface area contributed by atoms with E-state index < -0.39 is 0 Å². The summed E-state index contributed by atoms with van der Waals surface area (Å²) in [6, 6.07) is 8.52. The number of anilines is 1. The fourth-order valence-corrected chi connectivity index (χ4v) is 3.36. The van der Waals surface area contributed by atoms with Gasteiger partial charge in [0.05, 0.1) is 6.04 Å². The largest absolute Gasteiger partial charge is 0.381 e. The maximum Gasteiger partial charge on any atom is 0.274 e. The third-order valence-electron chi connectivity index (χ3n) is 4.32. The van der Waals surface area contributed by atoms with Crippen LogP contribution in [0.4, 0.5) is 5.82 Å². The standard InChI is InChI=1S/C17H22ClN5O/c1-22(2)10-11-5-7-12(8-6-11)13-4-3-9-23(13)17(24)15-14(18)16(19)21-20-15/h5-8,13H,3-4,9-10H2,1-2H3,(H3,19,20,21)/t13-/m0/s1. The SMILES string of the molecule is CN(C)Cc1ccc([C@@H]2CCCN2C(=O)c2[nH]nc(N)c2Cl)cc1. The summed E-state index contributed by atoms with van der Waals surface area (Å²) in [5, 5.41) is 6.66. The Morgan fingerprint density at radius 3 is 2.71 bits per heavy atom. The number of nitrogens with two attached hydrogens (primary N) is 1. The number of hydrogen-bond donors (Lipinski definition) is 2. The van der Waals surface area contributed by atoms with Crippen molar-refractivity contribution in [3.63, 3.8) is 0 Å². The number of likely N-dealkylation sites (tertiary alicyclic amines) is 1. The van der Waals surface area contributed by atoms with Gasteiger partial charge in [0.15, 0.2) is 5.82 Å². The lowest BCUT2D eigenvalue weighted by Crippen LogP contribution is -2.31. The smallest absolute Gasteiger partial charge is 0.274 e. The molecule has 1 aromatic carbocycles. The molecule has 3 N–H and O–H groups in total. The van der Waals surface area contributed by atoms with Gasteiger partial charge in [0.25, 0.3) is 5.91 Å². The number of halogens is 1. The second kappa shape index (κ2) is 6.83. The Labute approximate surface area is 146 Å². The Morgan fingerprint density at radius 1 is 1.42 bits per heavy atom. The van der Waals surface area contributed by atoms with Gasteiger partial charge in [0, 0.05) is 13.1 Å². The van der Waals surface area contributed by atoms with E-state index in [0.717, 1.165) is 24.9 Å². The monoisotopic (exact) mass is 347 g/mol. The number of hydrogen-bond acceptors (Lipinski definition) is 4. The molecule has 1 atom stereocenters. The number of nitrogen functional groups attached to an aromatic ring is 1. The van der Waals surface area contributed by atoms with Crippen molar-refractivity contribution in [3.05, 3.63) is 46.1 Å². The molecule has 1 saturated heterocycles. The van der Waals surface area contributed by atoms with Crippen molar-refractivity contribution in [2.75, 3.05) is 26.4 Å². The minimum Gasteiger partial charge on any atom is -0.381 e. The molecule has 3 rings (SSSR count). The van der Waals surface area contributed by atoms with Crippen LogP contribution in [0.5, 0.6) is 0 Å². The van der Waals surface area contributed by atoms with Gasteiger partial charge in [-0.1, -0.05) is 35.9 Å². The van der Waals surface area contributed by atoms with Crippen molar-refractivity contribution < 1.29 is 4.79 Å². The summed E-state index contributed by atoms with van der Waals surface area (Å²) in [6.45, 7) is 1.61. The van der Waals surface area contributed by atoms with Gasteiger partial charge < -0.3 is 15.5 Å². The van der Waals surface area contributed by atoms with Crippen molar-refractivity contribution in [2.45, 2.75) is 25.4 Å². The number of aromatic nitrogens is 2. The van der Waals surface area contributed by atoms with Crippen molar-refractivity contribution in [3.8, 4) is 0 Å². The lowest BCUT2D eigenvalue weighted by Gasteiger charge is -2.25. The molecule has 0 saturated carbocycles. The molecule has 2 aromatic rings. The normalized spacial score (nSPS) is 17.7. The van der Waals surface area contributed by atoms with Crippen LogP contribution in [0.15, 0.2) is 24.3 Å². The summed E-state index contributed by atoms with van der Waals surface area (Å²) in [6.07, 6.45) is 1.91. The summed E-state index contributed by atoms with van der Waals surface area (Å²) in [5.74, 6) is 0.00729. The summed E-state index contributed by atoms with van der Waals surface area (Å²) in [4.78, 5) is 16.8. The highest BCUT2D eigenvalue weighted by Gasteiger charge is 2.32. The van der Waals surface area contributed by atoms with E-state index in [0.29, 0.717) is 6.54 Å². The van der Waals surface area contributed by atoms with Gasteiger partial charge in [-0.15, -0.1) is 0 Å². The second-order valence-corrected chi connectivity index (χ2v) is 6.81. The molecule has 0 spiro atoms. The minimum absolute atomic E-state index is 0.0616. The first-order valence-electron chi connectivity index (χ1n) is 8.01. The molecule has 1 amide bonds. The number of H-pyrrole nitrogens is 1. The molecule has 128 valence electrons. The zero-order chi connectivity index (χ0) is 17.3. The molecule has 1 fully saturated rings. The lowest BCUT2D eigenvalue weighted by molar-refractivity contribution is 0.0730. The van der Waals surface area contributed by atoms with Gasteiger partial charge in [0.2, 0.25) is 0 Å². The van der Waals surface area contributed by atoms with Gasteiger partial charge in [-0.25, -0.2) is 0 Å². The molecule has 1 aromatic heterocycles. The van der Waals surface area contributed by atoms with Crippen molar-refractivity contribution in [1.82, 2.24) is 20.0 Å². The van der Waals surface area contributed by atoms with Crippen LogP contribution >= 0.6 is 11.6 Å². The number of aromatic amines is 1. The number of nitrogens with zero attached hydrogens (tertiary/aromatic N) is 3. The van der Waals surface area contributed by atoms with E-state index in [9.17, 15) is 4.79 Å². The molecule has 7 heteroatoms. The summed E-state index contributed by atoms with van der Waals surface area (Å²) < 4.78 is 0. The van der Waals surface area contributed by atoms with E-state index in [2.05, 4.69) is 39.4 Å². The van der Waals surface area contributed by atoms with Crippen molar-refractivity contribution >= 4 is 23.3 Å². The van der Waals surface area contributed by atoms with Crippen LogP contribution in [0, 0.1) is 0 Å². The van der Waals surface area contributed by atoms with Gasteiger partial charge in [-0.05, 0) is 38.1 Å². The maximum absolute atomic E-state index is 12.8. The van der Waals surface area contributed by atoms with Crippen LogP contribution in [0.2, 0.25) is 5.02 Å². The number of rotatable bonds is 4. The van der Waals surface area contributed by atoms with Gasteiger partial charge in [-0.3, -0.25) is 9.89 Å². The van der Waals surface area contributed by atoms with Crippen LogP contribution < -0.4 is 5.73 Å². The van der Waals surface area contributed by atoms with E-state index in [1.165, 1.54) is 5.56 Å². The number of amides is 1. The van der Waals surface area contributed by atoms with Gasteiger partial charge in [0.1, 0.15) is 10.7 Å². The quantitative estimate of drug-likeness (QED) is 0.891. The van der Waals surface area contributed by atoms with E-state index in [1.54, 1.807) is 0 Å². The number of nitrogens with one attached hydrogen (secondary N) is 1. The predicted octanol–water partition coefficient (Wildman–Crippen LogP) is 2.68. The van der Waals surface area contributed by atoms with Crippen LogP contribution in [-0.4, -0.2) is 46.5 Å². The first kappa shape index (κ1) is 16.8. The van der Waals surface area contributed by atoms with Gasteiger partial charge in [-0.2, -0.15) is 5.10 Å². The molecule has 24 heavy (non-hydrogen) atoms. The van der Waals surface area contributed by atoms with Crippen LogP contribution in [0.1, 0.15) is 40.5 Å². The second-order valence-electron chi connectivity index (χ2n) is 6.43. The molecule has 0 bridgehead atoms. The summed E-state index contributed by atoms with van der Waals surface area (Å²) >= 11 is 6.07. The van der Waals surface area contributed by atoms with Crippen LogP contribution in [0.25, 0.3) is 0 Å². The number of carbonyl (C=O) groups is 1. The average molecular weight is 348 g/mol. The molecular weight excluding hydrogens is 326 g/mol. The molecular formula is C17H22ClN5O. The Morgan fingerprint density at radius 2 is 2.12 bits per heavy atom. The summed E-state index contributed by atoms with van der Waals surface area (Å²) in [5.41, 5.74) is 8.30. The number of benzene rings is 1. The fraction of sp³-hybridized carbons (Fsp3) is 0.412. The molecule has 2 heterocycles. The van der Waals surface area contributed by atoms with E-state index in [-0.39, 0.29) is 28.5 Å². The number of carbonyl (C=O) groups excluding carboxylic acids is 1. The third-order valence-corrected chi connectivity index (χ3v) is 4.71. The van der Waals surface area contributed by atoms with E-state index in [4.69, 9.17) is 17.3 Å². The first-order chi connectivity index (χ1) is 11.5. The molecule has 0 aliphatic carbocycles. The highest BCUT2D eigenvalue weighted by atomic mass is 35.5. The summed E-state index contributed by atoms with van der Waals surface area (Å²) in [7, 11) is 4.09. The topological polar surface area (TPSA) is 78.2 Å². The lowest BCUT2D eigenvalue weighted by atomic mass is 10.0. The highest BCUT2D eigenvalue weighted by molar-refractivity contribution is 6.35. The van der Waals surface area contributed by atoms with Crippen molar-refractivity contribution in [2.24, 2.45) is 0 Å². The first-order valence-corrected chi connectivity index (χ1v) is 8.39. The Kier molecular flexibility index (Phi) is 4.78.